The second kappa shape index (κ2) is 2.35. The maximum Gasteiger partial charge on any atom is 0.137 e. The molecule has 56 valence electrons. The van der Waals surface area contributed by atoms with E-state index in [0.29, 0.717) is 31.3 Å². The Labute approximate surface area is 60.6 Å². The fraction of sp³-hybridized carbons (Fsp3) is 0.875. The molecule has 0 bridgehead atoms. The first-order chi connectivity index (χ1) is 4.86. The predicted molar refractivity (Wildman–Crippen MR) is 36.7 cm³/mol. The standard InChI is InChI=1S/C8H12O2/c9-7-3-4-10-8(5-7)6-1-2-6/h6,8H,1-5H2. The van der Waals surface area contributed by atoms with Crippen LogP contribution in [0.2, 0.25) is 0 Å². The molecule has 0 amide bonds. The molecule has 1 atom stereocenters. The Kier molecular flexibility index (Phi) is 1.49. The zero-order valence-corrected chi connectivity index (χ0v) is 6.01. The highest BCUT2D eigenvalue weighted by Gasteiger charge is 2.35. The van der Waals surface area contributed by atoms with Crippen molar-refractivity contribution in [3.8, 4) is 0 Å². The molecule has 0 aromatic rings. The van der Waals surface area contributed by atoms with E-state index >= 15 is 0 Å². The minimum absolute atomic E-state index is 0.293. The van der Waals surface area contributed by atoms with Gasteiger partial charge in [-0.3, -0.25) is 4.79 Å². The molecule has 1 saturated carbocycles. The molecule has 1 aliphatic heterocycles. The second-order valence-corrected chi connectivity index (χ2v) is 3.24. The van der Waals surface area contributed by atoms with Crippen LogP contribution < -0.4 is 0 Å². The summed E-state index contributed by atoms with van der Waals surface area (Å²) in [6.07, 6.45) is 4.17. The quantitative estimate of drug-likeness (QED) is 0.546. The third kappa shape index (κ3) is 1.21. The summed E-state index contributed by atoms with van der Waals surface area (Å²) < 4.78 is 5.45. The van der Waals surface area contributed by atoms with Crippen molar-refractivity contribution < 1.29 is 9.53 Å². The van der Waals surface area contributed by atoms with Crippen LogP contribution in [0.1, 0.15) is 25.7 Å². The molecular weight excluding hydrogens is 128 g/mol. The van der Waals surface area contributed by atoms with Gasteiger partial charge < -0.3 is 4.74 Å². The topological polar surface area (TPSA) is 26.3 Å². The van der Waals surface area contributed by atoms with Gasteiger partial charge in [0.1, 0.15) is 5.78 Å². The zero-order chi connectivity index (χ0) is 6.97. The molecule has 0 N–H and O–H groups in total. The van der Waals surface area contributed by atoms with Crippen molar-refractivity contribution in [3.63, 3.8) is 0 Å². The van der Waals surface area contributed by atoms with Gasteiger partial charge in [-0.05, 0) is 18.8 Å². The molecule has 2 aliphatic rings. The summed E-state index contributed by atoms with van der Waals surface area (Å²) in [4.78, 5) is 10.9. The summed E-state index contributed by atoms with van der Waals surface area (Å²) >= 11 is 0. The van der Waals surface area contributed by atoms with Crippen LogP contribution in [0.25, 0.3) is 0 Å². The first-order valence-corrected chi connectivity index (χ1v) is 3.99. The van der Waals surface area contributed by atoms with Crippen LogP contribution in [0.15, 0.2) is 0 Å². The monoisotopic (exact) mass is 140 g/mol. The molecule has 1 unspecified atom stereocenters. The van der Waals surface area contributed by atoms with Gasteiger partial charge in [0.25, 0.3) is 0 Å². The fourth-order valence-electron chi connectivity index (χ4n) is 1.48. The van der Waals surface area contributed by atoms with E-state index in [0.717, 1.165) is 5.92 Å². The van der Waals surface area contributed by atoms with Crippen molar-refractivity contribution in [2.45, 2.75) is 31.8 Å². The van der Waals surface area contributed by atoms with Crippen LogP contribution in [0.5, 0.6) is 0 Å². The molecule has 2 heteroatoms. The Hall–Kier alpha value is -0.370. The van der Waals surface area contributed by atoms with E-state index in [1.807, 2.05) is 0 Å². The maximum absolute atomic E-state index is 10.9. The first-order valence-electron chi connectivity index (χ1n) is 3.99. The molecule has 2 nitrogen and oxygen atoms in total. The maximum atomic E-state index is 10.9. The number of carbonyl (C=O) groups excluding carboxylic acids is 1. The van der Waals surface area contributed by atoms with Crippen molar-refractivity contribution in [1.82, 2.24) is 0 Å². The van der Waals surface area contributed by atoms with Crippen LogP contribution in [0, 0.1) is 5.92 Å². The van der Waals surface area contributed by atoms with E-state index in [4.69, 9.17) is 4.74 Å². The number of carbonyl (C=O) groups is 1. The summed E-state index contributed by atoms with van der Waals surface area (Å²) in [5.41, 5.74) is 0. The van der Waals surface area contributed by atoms with E-state index in [1.54, 1.807) is 0 Å². The van der Waals surface area contributed by atoms with Gasteiger partial charge in [-0.2, -0.15) is 0 Å². The average Bonchev–Trinajstić information content (AvgIpc) is 2.68. The summed E-state index contributed by atoms with van der Waals surface area (Å²) in [6, 6.07) is 0. The predicted octanol–water partition coefficient (Wildman–Crippen LogP) is 1.14. The number of hydrogen-bond donors (Lipinski definition) is 0. The van der Waals surface area contributed by atoms with Crippen molar-refractivity contribution in [1.29, 1.82) is 0 Å². The Morgan fingerprint density at radius 1 is 1.40 bits per heavy atom. The molecule has 10 heavy (non-hydrogen) atoms. The lowest BCUT2D eigenvalue weighted by molar-refractivity contribution is -0.129. The summed E-state index contributed by atoms with van der Waals surface area (Å²) in [5.74, 6) is 1.12. The molecule has 0 aromatic heterocycles. The van der Waals surface area contributed by atoms with Crippen LogP contribution >= 0.6 is 0 Å². The summed E-state index contributed by atoms with van der Waals surface area (Å²) in [6.45, 7) is 0.667. The molecule has 0 radical (unpaired) electrons. The smallest absolute Gasteiger partial charge is 0.137 e. The number of ketones is 1. The largest absolute Gasteiger partial charge is 0.377 e. The van der Waals surface area contributed by atoms with Gasteiger partial charge in [-0.25, -0.2) is 0 Å². The molecule has 1 saturated heterocycles. The molecule has 1 heterocycles. The fourth-order valence-corrected chi connectivity index (χ4v) is 1.48. The molecular formula is C8H12O2. The average molecular weight is 140 g/mol. The Morgan fingerprint density at radius 3 is 2.80 bits per heavy atom. The normalized spacial score (nSPS) is 34.4. The lowest BCUT2D eigenvalue weighted by Gasteiger charge is -2.20. The Morgan fingerprint density at radius 2 is 2.20 bits per heavy atom. The highest BCUT2D eigenvalue weighted by atomic mass is 16.5. The summed E-state index contributed by atoms with van der Waals surface area (Å²) in [7, 11) is 0. The zero-order valence-electron chi connectivity index (χ0n) is 6.01. The minimum atomic E-state index is 0.293. The van der Waals surface area contributed by atoms with Crippen LogP contribution in [-0.4, -0.2) is 18.5 Å². The number of Topliss-reactive ketones (excluding diaryl/α,β-unsaturated/α-hetero) is 1. The number of ether oxygens (including phenoxy) is 1. The highest BCUT2D eigenvalue weighted by Crippen LogP contribution is 2.37. The van der Waals surface area contributed by atoms with Crippen molar-refractivity contribution in [2.24, 2.45) is 5.92 Å². The van der Waals surface area contributed by atoms with Gasteiger partial charge in [0, 0.05) is 12.8 Å². The first kappa shape index (κ1) is 6.35. The third-order valence-corrected chi connectivity index (χ3v) is 2.29. The van der Waals surface area contributed by atoms with Crippen molar-refractivity contribution in [3.05, 3.63) is 0 Å². The van der Waals surface area contributed by atoms with Crippen molar-refractivity contribution >= 4 is 5.78 Å². The van der Waals surface area contributed by atoms with Crippen LogP contribution in [0.4, 0.5) is 0 Å². The third-order valence-electron chi connectivity index (χ3n) is 2.29. The van der Waals surface area contributed by atoms with Gasteiger partial charge in [0.15, 0.2) is 0 Å². The van der Waals surface area contributed by atoms with E-state index < -0.39 is 0 Å². The van der Waals surface area contributed by atoms with Gasteiger partial charge in [0.2, 0.25) is 0 Å². The molecule has 0 spiro atoms. The molecule has 1 aliphatic carbocycles. The van der Waals surface area contributed by atoms with E-state index in [-0.39, 0.29) is 0 Å². The number of rotatable bonds is 1. The van der Waals surface area contributed by atoms with Gasteiger partial charge in [-0.15, -0.1) is 0 Å². The van der Waals surface area contributed by atoms with Gasteiger partial charge in [0.05, 0.1) is 12.7 Å². The Balaban J connectivity index is 1.89. The lowest BCUT2D eigenvalue weighted by Crippen LogP contribution is -2.27. The highest BCUT2D eigenvalue weighted by molar-refractivity contribution is 5.79. The molecule has 0 aromatic carbocycles. The summed E-state index contributed by atoms with van der Waals surface area (Å²) in [5, 5.41) is 0. The van der Waals surface area contributed by atoms with Crippen molar-refractivity contribution in [2.75, 3.05) is 6.61 Å². The Bertz CT molecular complexity index is 149. The van der Waals surface area contributed by atoms with E-state index in [2.05, 4.69) is 0 Å². The van der Waals surface area contributed by atoms with Crippen LogP contribution in [-0.2, 0) is 9.53 Å². The van der Waals surface area contributed by atoms with E-state index in [1.165, 1.54) is 12.8 Å². The SMILES string of the molecule is O=C1CCOC(C2CC2)C1. The van der Waals surface area contributed by atoms with Gasteiger partial charge >= 0.3 is 0 Å². The second-order valence-electron chi connectivity index (χ2n) is 3.24. The minimum Gasteiger partial charge on any atom is -0.377 e. The van der Waals surface area contributed by atoms with Crippen LogP contribution in [0.3, 0.4) is 0 Å². The molecule has 2 rings (SSSR count). The molecule has 2 fully saturated rings. The van der Waals surface area contributed by atoms with Gasteiger partial charge in [-0.1, -0.05) is 0 Å². The number of hydrogen-bond acceptors (Lipinski definition) is 2. The van der Waals surface area contributed by atoms with E-state index in [9.17, 15) is 4.79 Å². The lowest BCUT2D eigenvalue weighted by atomic mass is 10.0.